The van der Waals surface area contributed by atoms with Gasteiger partial charge in [-0.3, -0.25) is 0 Å². The molecule has 1 fully saturated rings. The Labute approximate surface area is 133 Å². The highest BCUT2D eigenvalue weighted by molar-refractivity contribution is 5.68. The summed E-state index contributed by atoms with van der Waals surface area (Å²) >= 11 is 0. The van der Waals surface area contributed by atoms with E-state index in [4.69, 9.17) is 4.74 Å². The zero-order chi connectivity index (χ0) is 16.3. The number of aromatic nitrogens is 1. The first-order chi connectivity index (χ1) is 10.3. The van der Waals surface area contributed by atoms with Crippen LogP contribution < -0.4 is 4.90 Å². The van der Waals surface area contributed by atoms with Crippen molar-refractivity contribution in [2.24, 2.45) is 0 Å². The van der Waals surface area contributed by atoms with Crippen molar-refractivity contribution in [1.29, 1.82) is 0 Å². The van der Waals surface area contributed by atoms with E-state index in [-0.39, 0.29) is 12.1 Å². The molecule has 5 heteroatoms. The van der Waals surface area contributed by atoms with Crippen molar-refractivity contribution in [1.82, 2.24) is 9.88 Å². The van der Waals surface area contributed by atoms with Gasteiger partial charge < -0.3 is 14.5 Å². The molecule has 0 bridgehead atoms. The van der Waals surface area contributed by atoms with Crippen LogP contribution in [0.15, 0.2) is 18.3 Å². The normalized spacial score (nSPS) is 16.5. The average Bonchev–Trinajstić information content (AvgIpc) is 2.46. The van der Waals surface area contributed by atoms with Crippen LogP contribution >= 0.6 is 0 Å². The highest BCUT2D eigenvalue weighted by Crippen LogP contribution is 2.22. The quantitative estimate of drug-likeness (QED) is 0.841. The molecule has 2 rings (SSSR count). The Balaban J connectivity index is 1.88. The molecule has 1 aromatic heterocycles. The molecule has 1 aliphatic rings. The van der Waals surface area contributed by atoms with Crippen LogP contribution in [0.25, 0.3) is 0 Å². The molecule has 22 heavy (non-hydrogen) atoms. The van der Waals surface area contributed by atoms with Crippen molar-refractivity contribution >= 4 is 11.9 Å². The second kappa shape index (κ2) is 6.55. The zero-order valence-electron chi connectivity index (χ0n) is 14.3. The summed E-state index contributed by atoms with van der Waals surface area (Å²) in [6, 6.07) is 4.38. The van der Waals surface area contributed by atoms with Gasteiger partial charge in [-0.05, 0) is 52.2 Å². The number of nitrogens with zero attached hydrogens (tertiary/aromatic N) is 3. The summed E-state index contributed by atoms with van der Waals surface area (Å²) in [6.45, 7) is 9.54. The Morgan fingerprint density at radius 2 is 1.95 bits per heavy atom. The van der Waals surface area contributed by atoms with E-state index in [1.54, 1.807) is 4.90 Å². The molecule has 0 atom stereocenters. The Bertz CT molecular complexity index is 500. The van der Waals surface area contributed by atoms with Crippen LogP contribution in [-0.4, -0.2) is 47.8 Å². The third-order valence-electron chi connectivity index (χ3n) is 3.91. The SMILES string of the molecule is Cc1ccc(N2CCC(N(C)C(=O)OC(C)(C)C)CC2)nc1. The maximum Gasteiger partial charge on any atom is 0.410 e. The van der Waals surface area contributed by atoms with E-state index in [0.717, 1.165) is 31.7 Å². The van der Waals surface area contributed by atoms with Crippen molar-refractivity contribution in [2.75, 3.05) is 25.0 Å². The van der Waals surface area contributed by atoms with E-state index < -0.39 is 5.60 Å². The van der Waals surface area contributed by atoms with E-state index in [0.29, 0.717) is 0 Å². The summed E-state index contributed by atoms with van der Waals surface area (Å²) in [7, 11) is 1.83. The molecule has 2 heterocycles. The number of amides is 1. The molecule has 1 aliphatic heterocycles. The predicted molar refractivity (Wildman–Crippen MR) is 88.2 cm³/mol. The number of aryl methyl sites for hydroxylation is 1. The molecule has 1 aromatic rings. The van der Waals surface area contributed by atoms with Gasteiger partial charge in [0.05, 0.1) is 0 Å². The summed E-state index contributed by atoms with van der Waals surface area (Å²) in [5, 5.41) is 0. The van der Waals surface area contributed by atoms with Gasteiger partial charge in [-0.2, -0.15) is 0 Å². The predicted octanol–water partition coefficient (Wildman–Crippen LogP) is 3.23. The third kappa shape index (κ3) is 4.36. The first kappa shape index (κ1) is 16.6. The van der Waals surface area contributed by atoms with E-state index in [9.17, 15) is 4.79 Å². The lowest BCUT2D eigenvalue weighted by atomic mass is 10.0. The van der Waals surface area contributed by atoms with Gasteiger partial charge in [-0.15, -0.1) is 0 Å². The van der Waals surface area contributed by atoms with Gasteiger partial charge in [0.2, 0.25) is 0 Å². The molecule has 0 unspecified atom stereocenters. The molecule has 0 saturated carbocycles. The number of piperidine rings is 1. The van der Waals surface area contributed by atoms with Gasteiger partial charge in [0.15, 0.2) is 0 Å². The third-order valence-corrected chi connectivity index (χ3v) is 3.91. The van der Waals surface area contributed by atoms with Crippen LogP contribution in [0.2, 0.25) is 0 Å². The molecular weight excluding hydrogens is 278 g/mol. The summed E-state index contributed by atoms with van der Waals surface area (Å²) < 4.78 is 5.44. The molecular formula is C17H27N3O2. The minimum Gasteiger partial charge on any atom is -0.444 e. The maximum atomic E-state index is 12.1. The summed E-state index contributed by atoms with van der Waals surface area (Å²) in [5.74, 6) is 1.02. The Morgan fingerprint density at radius 1 is 1.32 bits per heavy atom. The molecule has 5 nitrogen and oxygen atoms in total. The number of ether oxygens (including phenoxy) is 1. The molecule has 0 aromatic carbocycles. The fraction of sp³-hybridized carbons (Fsp3) is 0.647. The van der Waals surface area contributed by atoms with E-state index >= 15 is 0 Å². The second-order valence-electron chi connectivity index (χ2n) is 7.00. The molecule has 0 N–H and O–H groups in total. The minimum atomic E-state index is -0.447. The minimum absolute atomic E-state index is 0.233. The lowest BCUT2D eigenvalue weighted by Crippen LogP contribution is -2.47. The first-order valence-corrected chi connectivity index (χ1v) is 7.90. The number of anilines is 1. The lowest BCUT2D eigenvalue weighted by molar-refractivity contribution is 0.0201. The second-order valence-corrected chi connectivity index (χ2v) is 7.00. The van der Waals surface area contributed by atoms with E-state index in [2.05, 4.69) is 22.0 Å². The molecule has 1 amide bonds. The van der Waals surface area contributed by atoms with Crippen molar-refractivity contribution in [3.05, 3.63) is 23.9 Å². The van der Waals surface area contributed by atoms with E-state index in [1.165, 1.54) is 5.56 Å². The van der Waals surface area contributed by atoms with Crippen LogP contribution in [0, 0.1) is 6.92 Å². The highest BCUT2D eigenvalue weighted by Gasteiger charge is 2.28. The van der Waals surface area contributed by atoms with Crippen LogP contribution in [0.4, 0.5) is 10.6 Å². The van der Waals surface area contributed by atoms with Gasteiger partial charge in [-0.25, -0.2) is 9.78 Å². The fourth-order valence-electron chi connectivity index (χ4n) is 2.61. The largest absolute Gasteiger partial charge is 0.444 e. The molecule has 122 valence electrons. The summed E-state index contributed by atoms with van der Waals surface area (Å²) in [5.41, 5.74) is 0.723. The lowest BCUT2D eigenvalue weighted by Gasteiger charge is -2.37. The van der Waals surface area contributed by atoms with Crippen molar-refractivity contribution in [3.63, 3.8) is 0 Å². The van der Waals surface area contributed by atoms with E-state index in [1.807, 2.05) is 40.9 Å². The number of rotatable bonds is 2. The first-order valence-electron chi connectivity index (χ1n) is 7.90. The smallest absolute Gasteiger partial charge is 0.410 e. The fourth-order valence-corrected chi connectivity index (χ4v) is 2.61. The Kier molecular flexibility index (Phi) is 4.94. The number of pyridine rings is 1. The van der Waals surface area contributed by atoms with Crippen molar-refractivity contribution in [2.45, 2.75) is 52.2 Å². The number of hydrogen-bond donors (Lipinski definition) is 0. The monoisotopic (exact) mass is 305 g/mol. The average molecular weight is 305 g/mol. The Hall–Kier alpha value is -1.78. The van der Waals surface area contributed by atoms with Crippen LogP contribution in [0.3, 0.4) is 0 Å². The maximum absolute atomic E-state index is 12.1. The van der Waals surface area contributed by atoms with Crippen LogP contribution in [0.1, 0.15) is 39.2 Å². The Morgan fingerprint density at radius 3 is 2.45 bits per heavy atom. The molecule has 0 spiro atoms. The molecule has 0 radical (unpaired) electrons. The van der Waals surface area contributed by atoms with Gasteiger partial charge in [0.25, 0.3) is 0 Å². The van der Waals surface area contributed by atoms with Crippen LogP contribution in [0.5, 0.6) is 0 Å². The summed E-state index contributed by atoms with van der Waals surface area (Å²) in [4.78, 5) is 20.6. The highest BCUT2D eigenvalue weighted by atomic mass is 16.6. The van der Waals surface area contributed by atoms with Crippen LogP contribution in [-0.2, 0) is 4.74 Å². The molecule has 1 saturated heterocycles. The standard InChI is InChI=1S/C17H27N3O2/c1-13-6-7-15(18-12-13)20-10-8-14(9-11-20)19(5)16(21)22-17(2,3)4/h6-7,12,14H,8-11H2,1-5H3. The summed E-state index contributed by atoms with van der Waals surface area (Å²) in [6.07, 6.45) is 3.53. The number of hydrogen-bond acceptors (Lipinski definition) is 4. The van der Waals surface area contributed by atoms with Crippen molar-refractivity contribution in [3.8, 4) is 0 Å². The molecule has 0 aliphatic carbocycles. The van der Waals surface area contributed by atoms with Crippen molar-refractivity contribution < 1.29 is 9.53 Å². The zero-order valence-corrected chi connectivity index (χ0v) is 14.3. The number of carbonyl (C=O) groups is 1. The van der Waals surface area contributed by atoms with Gasteiger partial charge in [0, 0.05) is 32.4 Å². The topological polar surface area (TPSA) is 45.7 Å². The van der Waals surface area contributed by atoms with Gasteiger partial charge in [-0.1, -0.05) is 6.07 Å². The van der Waals surface area contributed by atoms with Gasteiger partial charge >= 0.3 is 6.09 Å². The number of carbonyl (C=O) groups excluding carboxylic acids is 1. The van der Waals surface area contributed by atoms with Gasteiger partial charge in [0.1, 0.15) is 11.4 Å².